The van der Waals surface area contributed by atoms with Crippen LogP contribution in [0.5, 0.6) is 0 Å². The van der Waals surface area contributed by atoms with Gasteiger partial charge in [0.2, 0.25) is 11.8 Å². The van der Waals surface area contributed by atoms with Gasteiger partial charge in [-0.1, -0.05) is 6.07 Å². The standard InChI is InChI=1S/C15H18FN5O2/c1-10-18-4-5-21(10)13-3-2-11(6-12(13)16)8-19-15(23)9-20-14(22)7-17/h2-6H,7-9,17H2,1H3,(H,19,23)(H,20,22). The van der Waals surface area contributed by atoms with Crippen molar-refractivity contribution in [2.75, 3.05) is 13.1 Å². The molecule has 0 aliphatic rings. The van der Waals surface area contributed by atoms with E-state index in [1.807, 2.05) is 0 Å². The molecule has 1 heterocycles. The maximum Gasteiger partial charge on any atom is 0.239 e. The predicted molar refractivity (Wildman–Crippen MR) is 82.2 cm³/mol. The van der Waals surface area contributed by atoms with Crippen molar-refractivity contribution in [3.05, 3.63) is 47.8 Å². The highest BCUT2D eigenvalue weighted by atomic mass is 19.1. The molecule has 2 rings (SSSR count). The predicted octanol–water partition coefficient (Wildman–Crippen LogP) is 0.0109. The van der Waals surface area contributed by atoms with Crippen LogP contribution in [0.3, 0.4) is 0 Å². The zero-order valence-corrected chi connectivity index (χ0v) is 12.7. The molecule has 23 heavy (non-hydrogen) atoms. The van der Waals surface area contributed by atoms with E-state index in [9.17, 15) is 14.0 Å². The number of imidazole rings is 1. The van der Waals surface area contributed by atoms with E-state index in [2.05, 4.69) is 15.6 Å². The monoisotopic (exact) mass is 319 g/mol. The molecule has 0 saturated heterocycles. The number of carbonyl (C=O) groups is 2. The number of rotatable bonds is 6. The van der Waals surface area contributed by atoms with Crippen molar-refractivity contribution in [1.82, 2.24) is 20.2 Å². The van der Waals surface area contributed by atoms with Crippen molar-refractivity contribution in [2.45, 2.75) is 13.5 Å². The molecule has 1 aromatic carbocycles. The van der Waals surface area contributed by atoms with Crippen LogP contribution in [0, 0.1) is 12.7 Å². The summed E-state index contributed by atoms with van der Waals surface area (Å²) in [5.41, 5.74) is 6.12. The lowest BCUT2D eigenvalue weighted by Gasteiger charge is -2.10. The average molecular weight is 319 g/mol. The van der Waals surface area contributed by atoms with Gasteiger partial charge in [-0.25, -0.2) is 9.37 Å². The Morgan fingerprint density at radius 3 is 2.70 bits per heavy atom. The molecule has 7 nitrogen and oxygen atoms in total. The van der Waals surface area contributed by atoms with Gasteiger partial charge in [-0.2, -0.15) is 0 Å². The molecule has 2 aromatic rings. The van der Waals surface area contributed by atoms with E-state index in [0.717, 1.165) is 0 Å². The highest BCUT2D eigenvalue weighted by Gasteiger charge is 2.09. The first-order valence-electron chi connectivity index (χ1n) is 7.03. The van der Waals surface area contributed by atoms with Crippen LogP contribution in [0.15, 0.2) is 30.6 Å². The number of nitrogens with two attached hydrogens (primary N) is 1. The largest absolute Gasteiger partial charge is 0.350 e. The topological polar surface area (TPSA) is 102 Å². The minimum absolute atomic E-state index is 0.162. The number of nitrogens with one attached hydrogen (secondary N) is 2. The molecule has 2 amide bonds. The normalized spacial score (nSPS) is 10.4. The Morgan fingerprint density at radius 1 is 1.30 bits per heavy atom. The number of benzene rings is 1. The summed E-state index contributed by atoms with van der Waals surface area (Å²) in [5.74, 6) is -0.511. The van der Waals surface area contributed by atoms with Crippen LogP contribution in [-0.4, -0.2) is 34.5 Å². The van der Waals surface area contributed by atoms with Crippen molar-refractivity contribution in [3.63, 3.8) is 0 Å². The zero-order valence-electron chi connectivity index (χ0n) is 12.7. The van der Waals surface area contributed by atoms with Crippen molar-refractivity contribution in [1.29, 1.82) is 0 Å². The molecule has 0 saturated carbocycles. The Kier molecular flexibility index (Phi) is 5.42. The Balaban J connectivity index is 1.95. The summed E-state index contributed by atoms with van der Waals surface area (Å²) in [6.07, 6.45) is 3.27. The van der Waals surface area contributed by atoms with Gasteiger partial charge in [0.15, 0.2) is 0 Å². The number of hydrogen-bond donors (Lipinski definition) is 3. The van der Waals surface area contributed by atoms with E-state index in [-0.39, 0.29) is 25.5 Å². The third-order valence-electron chi connectivity index (χ3n) is 3.22. The number of carbonyl (C=O) groups excluding carboxylic acids is 2. The molecule has 0 aliphatic heterocycles. The molecule has 1 aromatic heterocycles. The van der Waals surface area contributed by atoms with E-state index in [0.29, 0.717) is 17.1 Å². The second-order valence-corrected chi connectivity index (χ2v) is 4.89. The van der Waals surface area contributed by atoms with Crippen molar-refractivity contribution in [2.24, 2.45) is 5.73 Å². The third kappa shape index (κ3) is 4.36. The van der Waals surface area contributed by atoms with Crippen molar-refractivity contribution in [3.8, 4) is 5.69 Å². The van der Waals surface area contributed by atoms with Gasteiger partial charge in [-0.05, 0) is 24.6 Å². The smallest absolute Gasteiger partial charge is 0.239 e. The van der Waals surface area contributed by atoms with E-state index in [1.165, 1.54) is 6.07 Å². The Bertz CT molecular complexity index is 714. The van der Waals surface area contributed by atoms with Crippen LogP contribution >= 0.6 is 0 Å². The Morgan fingerprint density at radius 2 is 2.09 bits per heavy atom. The molecule has 0 radical (unpaired) electrons. The highest BCUT2D eigenvalue weighted by Crippen LogP contribution is 2.16. The van der Waals surface area contributed by atoms with Crippen LogP contribution in [0.1, 0.15) is 11.4 Å². The van der Waals surface area contributed by atoms with Crippen LogP contribution in [0.4, 0.5) is 4.39 Å². The number of aromatic nitrogens is 2. The maximum atomic E-state index is 14.2. The number of hydrogen-bond acceptors (Lipinski definition) is 4. The fourth-order valence-electron chi connectivity index (χ4n) is 2.00. The highest BCUT2D eigenvalue weighted by molar-refractivity contribution is 5.85. The molecule has 8 heteroatoms. The summed E-state index contributed by atoms with van der Waals surface area (Å²) < 4.78 is 15.8. The quantitative estimate of drug-likeness (QED) is 0.698. The molecule has 0 atom stereocenters. The summed E-state index contributed by atoms with van der Waals surface area (Å²) in [7, 11) is 0. The average Bonchev–Trinajstić information content (AvgIpc) is 2.96. The Hall–Kier alpha value is -2.74. The van der Waals surface area contributed by atoms with Crippen LogP contribution in [0.25, 0.3) is 5.69 Å². The van der Waals surface area contributed by atoms with Crippen LogP contribution < -0.4 is 16.4 Å². The molecule has 0 fully saturated rings. The summed E-state index contributed by atoms with van der Waals surface area (Å²) in [4.78, 5) is 26.5. The van der Waals surface area contributed by atoms with Crippen molar-refractivity contribution < 1.29 is 14.0 Å². The lowest BCUT2D eigenvalue weighted by atomic mass is 10.2. The van der Waals surface area contributed by atoms with Crippen LogP contribution in [0.2, 0.25) is 0 Å². The van der Waals surface area contributed by atoms with Crippen molar-refractivity contribution >= 4 is 11.8 Å². The lowest BCUT2D eigenvalue weighted by molar-refractivity contribution is -0.125. The maximum absolute atomic E-state index is 14.2. The van der Waals surface area contributed by atoms with E-state index >= 15 is 0 Å². The van der Waals surface area contributed by atoms with Gasteiger partial charge in [0.1, 0.15) is 11.6 Å². The number of nitrogens with zero attached hydrogens (tertiary/aromatic N) is 2. The Labute approximate surface area is 132 Å². The fourth-order valence-corrected chi connectivity index (χ4v) is 2.00. The number of amides is 2. The van der Waals surface area contributed by atoms with E-state index in [1.54, 1.807) is 36.0 Å². The molecule has 0 spiro atoms. The summed E-state index contributed by atoms with van der Waals surface area (Å²) in [6, 6.07) is 4.70. The summed E-state index contributed by atoms with van der Waals surface area (Å²) >= 11 is 0. The molecule has 0 bridgehead atoms. The van der Waals surface area contributed by atoms with Gasteiger partial charge in [0, 0.05) is 18.9 Å². The van der Waals surface area contributed by atoms with E-state index < -0.39 is 11.7 Å². The molecule has 0 unspecified atom stereocenters. The van der Waals surface area contributed by atoms with Gasteiger partial charge < -0.3 is 20.9 Å². The second kappa shape index (κ2) is 7.50. The first kappa shape index (κ1) is 16.6. The minimum Gasteiger partial charge on any atom is -0.350 e. The number of halogens is 1. The summed E-state index contributed by atoms with van der Waals surface area (Å²) in [5, 5.41) is 4.94. The van der Waals surface area contributed by atoms with Gasteiger partial charge in [-0.15, -0.1) is 0 Å². The lowest BCUT2D eigenvalue weighted by Crippen LogP contribution is -2.39. The van der Waals surface area contributed by atoms with Gasteiger partial charge in [0.05, 0.1) is 18.8 Å². The summed E-state index contributed by atoms with van der Waals surface area (Å²) in [6.45, 7) is 1.61. The first-order valence-corrected chi connectivity index (χ1v) is 7.03. The molecular weight excluding hydrogens is 301 g/mol. The van der Waals surface area contributed by atoms with Gasteiger partial charge >= 0.3 is 0 Å². The minimum atomic E-state index is -0.411. The SMILES string of the molecule is Cc1nccn1-c1ccc(CNC(=O)CNC(=O)CN)cc1F. The fraction of sp³-hybridized carbons (Fsp3) is 0.267. The third-order valence-corrected chi connectivity index (χ3v) is 3.22. The molecule has 0 aliphatic carbocycles. The first-order chi connectivity index (χ1) is 11.0. The number of aryl methyl sites for hydroxylation is 1. The second-order valence-electron chi connectivity index (χ2n) is 4.89. The van der Waals surface area contributed by atoms with E-state index in [4.69, 9.17) is 5.73 Å². The van der Waals surface area contributed by atoms with Crippen LogP contribution in [-0.2, 0) is 16.1 Å². The zero-order chi connectivity index (χ0) is 16.8. The molecular formula is C15H18FN5O2. The van der Waals surface area contributed by atoms with Gasteiger partial charge in [-0.3, -0.25) is 9.59 Å². The van der Waals surface area contributed by atoms with Gasteiger partial charge in [0.25, 0.3) is 0 Å². The molecule has 4 N–H and O–H groups in total. The molecule has 122 valence electrons.